The second-order valence-electron chi connectivity index (χ2n) is 3.95. The molecule has 0 aromatic carbocycles. The highest BCUT2D eigenvalue weighted by Gasteiger charge is 2.18. The van der Waals surface area contributed by atoms with E-state index < -0.39 is 9.84 Å². The first-order chi connectivity index (χ1) is 9.00. The van der Waals surface area contributed by atoms with Crippen LogP contribution >= 0.6 is 0 Å². The maximum absolute atomic E-state index is 12.1. The Labute approximate surface area is 110 Å². The zero-order valence-corrected chi connectivity index (χ0v) is 10.9. The fraction of sp³-hybridized carbons (Fsp3) is 0.167. The van der Waals surface area contributed by atoms with Gasteiger partial charge in [0.25, 0.3) is 5.56 Å². The monoisotopic (exact) mass is 279 g/mol. The summed E-state index contributed by atoms with van der Waals surface area (Å²) in [6.07, 6.45) is 2.91. The largest absolute Gasteiger partial charge is 0.396 e. The van der Waals surface area contributed by atoms with Crippen molar-refractivity contribution in [3.63, 3.8) is 0 Å². The van der Waals surface area contributed by atoms with Crippen LogP contribution < -0.4 is 11.3 Å². The van der Waals surface area contributed by atoms with Crippen LogP contribution in [0.5, 0.6) is 0 Å². The van der Waals surface area contributed by atoms with E-state index in [0.717, 1.165) is 0 Å². The maximum Gasteiger partial charge on any atom is 0.250 e. The molecule has 0 aliphatic heterocycles. The lowest BCUT2D eigenvalue weighted by Crippen LogP contribution is -2.23. The van der Waals surface area contributed by atoms with Gasteiger partial charge in [-0.05, 0) is 18.2 Å². The summed E-state index contributed by atoms with van der Waals surface area (Å²) in [5.41, 5.74) is 5.47. The fourth-order valence-corrected chi connectivity index (χ4v) is 2.90. The Morgan fingerprint density at radius 2 is 2.00 bits per heavy atom. The molecule has 2 heterocycles. The molecule has 19 heavy (non-hydrogen) atoms. The van der Waals surface area contributed by atoms with Gasteiger partial charge in [-0.3, -0.25) is 4.79 Å². The topological polar surface area (TPSA) is 95.0 Å². The van der Waals surface area contributed by atoms with Crippen LogP contribution in [-0.4, -0.2) is 23.7 Å². The number of aromatic nitrogens is 2. The molecule has 2 rings (SSSR count). The van der Waals surface area contributed by atoms with Gasteiger partial charge in [0.1, 0.15) is 0 Å². The molecule has 2 aromatic heterocycles. The standard InChI is InChI=1S/C12H13N3O3S/c13-10-4-3-6-14-12(10)19(17,18)9-8-15-7-2-1-5-11(15)16/h1-7H,8-9,13H2. The van der Waals surface area contributed by atoms with E-state index in [-0.39, 0.29) is 28.6 Å². The van der Waals surface area contributed by atoms with E-state index >= 15 is 0 Å². The predicted octanol–water partition coefficient (Wildman–Crippen LogP) is 0.299. The molecule has 2 aromatic rings. The first kappa shape index (κ1) is 13.3. The zero-order chi connectivity index (χ0) is 13.9. The summed E-state index contributed by atoms with van der Waals surface area (Å²) in [4.78, 5) is 15.3. The molecule has 0 aliphatic rings. The van der Waals surface area contributed by atoms with Crippen molar-refractivity contribution >= 4 is 15.5 Å². The molecule has 2 N–H and O–H groups in total. The van der Waals surface area contributed by atoms with Gasteiger partial charge >= 0.3 is 0 Å². The minimum Gasteiger partial charge on any atom is -0.396 e. The van der Waals surface area contributed by atoms with Crippen LogP contribution in [0.4, 0.5) is 5.69 Å². The number of sulfone groups is 1. The molecule has 0 saturated heterocycles. The Bertz CT molecular complexity index is 738. The van der Waals surface area contributed by atoms with E-state index in [9.17, 15) is 13.2 Å². The number of nitrogens with two attached hydrogens (primary N) is 1. The Kier molecular flexibility index (Phi) is 3.66. The summed E-state index contributed by atoms with van der Waals surface area (Å²) in [6, 6.07) is 7.69. The summed E-state index contributed by atoms with van der Waals surface area (Å²) in [5, 5.41) is -0.140. The lowest BCUT2D eigenvalue weighted by atomic mass is 10.4. The van der Waals surface area contributed by atoms with Gasteiger partial charge in [-0.25, -0.2) is 13.4 Å². The highest BCUT2D eigenvalue weighted by atomic mass is 32.2. The Morgan fingerprint density at radius 3 is 2.68 bits per heavy atom. The van der Waals surface area contributed by atoms with E-state index in [1.54, 1.807) is 24.4 Å². The van der Waals surface area contributed by atoms with E-state index in [0.29, 0.717) is 0 Å². The molecule has 0 spiro atoms. The average Bonchev–Trinajstić information content (AvgIpc) is 2.38. The van der Waals surface area contributed by atoms with Crippen LogP contribution in [0.25, 0.3) is 0 Å². The molecule has 0 unspecified atom stereocenters. The fourth-order valence-electron chi connectivity index (χ4n) is 1.62. The molecule has 6 nitrogen and oxygen atoms in total. The van der Waals surface area contributed by atoms with Crippen molar-refractivity contribution < 1.29 is 8.42 Å². The number of rotatable bonds is 4. The number of aryl methyl sites for hydroxylation is 1. The van der Waals surface area contributed by atoms with E-state index in [2.05, 4.69) is 4.98 Å². The third-order valence-corrected chi connectivity index (χ3v) is 4.25. The highest BCUT2D eigenvalue weighted by Crippen LogP contribution is 2.15. The van der Waals surface area contributed by atoms with Crippen LogP contribution in [0.2, 0.25) is 0 Å². The molecule has 0 atom stereocenters. The van der Waals surface area contributed by atoms with Crippen LogP contribution in [0.1, 0.15) is 0 Å². The molecule has 0 fully saturated rings. The molecule has 0 radical (unpaired) electrons. The van der Waals surface area contributed by atoms with Gasteiger partial charge in [0, 0.05) is 25.0 Å². The van der Waals surface area contributed by atoms with Gasteiger partial charge in [0.05, 0.1) is 11.4 Å². The van der Waals surface area contributed by atoms with Gasteiger partial charge in [-0.1, -0.05) is 6.07 Å². The Morgan fingerprint density at radius 1 is 1.21 bits per heavy atom. The lowest BCUT2D eigenvalue weighted by molar-refractivity contribution is 0.584. The predicted molar refractivity (Wildman–Crippen MR) is 71.4 cm³/mol. The highest BCUT2D eigenvalue weighted by molar-refractivity contribution is 7.91. The van der Waals surface area contributed by atoms with Crippen LogP contribution in [-0.2, 0) is 16.4 Å². The maximum atomic E-state index is 12.1. The summed E-state index contributed by atoms with van der Waals surface area (Å²) < 4.78 is 25.5. The van der Waals surface area contributed by atoms with Crippen LogP contribution in [0.15, 0.2) is 52.5 Å². The molecule has 0 saturated carbocycles. The molecule has 0 bridgehead atoms. The zero-order valence-electron chi connectivity index (χ0n) is 10.1. The summed E-state index contributed by atoms with van der Waals surface area (Å²) in [6.45, 7) is 0.0675. The molecule has 0 amide bonds. The van der Waals surface area contributed by atoms with Gasteiger partial charge in [-0.15, -0.1) is 0 Å². The van der Waals surface area contributed by atoms with Crippen molar-refractivity contribution in [2.45, 2.75) is 11.6 Å². The van der Waals surface area contributed by atoms with Crippen molar-refractivity contribution in [1.82, 2.24) is 9.55 Å². The number of hydrogen-bond acceptors (Lipinski definition) is 5. The molecular formula is C12H13N3O3S. The Hall–Kier alpha value is -2.15. The quantitative estimate of drug-likeness (QED) is 0.868. The average molecular weight is 279 g/mol. The van der Waals surface area contributed by atoms with Crippen LogP contribution in [0, 0.1) is 0 Å². The van der Waals surface area contributed by atoms with Crippen molar-refractivity contribution in [2.24, 2.45) is 0 Å². The number of nitrogens with zero attached hydrogens (tertiary/aromatic N) is 2. The molecular weight excluding hydrogens is 266 g/mol. The number of anilines is 1. The number of pyridine rings is 2. The SMILES string of the molecule is Nc1cccnc1S(=O)(=O)CCn1ccccc1=O. The van der Waals surface area contributed by atoms with Crippen molar-refractivity contribution in [2.75, 3.05) is 11.5 Å². The van der Waals surface area contributed by atoms with E-state index in [1.165, 1.54) is 22.9 Å². The first-order valence-corrected chi connectivity index (χ1v) is 7.25. The van der Waals surface area contributed by atoms with Gasteiger partial charge in [-0.2, -0.15) is 0 Å². The van der Waals surface area contributed by atoms with Gasteiger partial charge < -0.3 is 10.3 Å². The lowest BCUT2D eigenvalue weighted by Gasteiger charge is -2.07. The summed E-state index contributed by atoms with van der Waals surface area (Å²) >= 11 is 0. The normalized spacial score (nSPS) is 11.4. The second-order valence-corrected chi connectivity index (χ2v) is 5.97. The van der Waals surface area contributed by atoms with Crippen molar-refractivity contribution in [3.8, 4) is 0 Å². The van der Waals surface area contributed by atoms with E-state index in [1.807, 2.05) is 0 Å². The molecule has 0 aliphatic carbocycles. The second kappa shape index (κ2) is 5.23. The van der Waals surface area contributed by atoms with Crippen molar-refractivity contribution in [1.29, 1.82) is 0 Å². The van der Waals surface area contributed by atoms with Crippen LogP contribution in [0.3, 0.4) is 0 Å². The molecule has 100 valence electrons. The Balaban J connectivity index is 2.22. The third kappa shape index (κ3) is 3.00. The summed E-state index contributed by atoms with van der Waals surface area (Å²) in [7, 11) is -3.60. The number of nitrogen functional groups attached to an aromatic ring is 1. The first-order valence-electron chi connectivity index (χ1n) is 5.59. The summed E-state index contributed by atoms with van der Waals surface area (Å²) in [5.74, 6) is -0.224. The number of hydrogen-bond donors (Lipinski definition) is 1. The minimum absolute atomic E-state index is 0.0675. The van der Waals surface area contributed by atoms with E-state index in [4.69, 9.17) is 5.73 Å². The van der Waals surface area contributed by atoms with Gasteiger partial charge in [0.15, 0.2) is 14.9 Å². The van der Waals surface area contributed by atoms with Crippen molar-refractivity contribution in [3.05, 3.63) is 53.1 Å². The minimum atomic E-state index is -3.60. The third-order valence-electron chi connectivity index (χ3n) is 2.60. The molecule has 7 heteroatoms. The smallest absolute Gasteiger partial charge is 0.250 e. The van der Waals surface area contributed by atoms with Gasteiger partial charge in [0.2, 0.25) is 0 Å².